The van der Waals surface area contributed by atoms with Crippen LogP contribution in [-0.2, 0) is 6.18 Å². The first-order valence-corrected chi connectivity index (χ1v) is 4.48. The molecule has 0 saturated carbocycles. The number of pyridine rings is 1. The maximum atomic E-state index is 12.0. The van der Waals surface area contributed by atoms with Crippen molar-refractivity contribution in [2.75, 3.05) is 0 Å². The van der Waals surface area contributed by atoms with Gasteiger partial charge in [0.05, 0.1) is 0 Å². The van der Waals surface area contributed by atoms with Gasteiger partial charge in [0.15, 0.2) is 0 Å². The summed E-state index contributed by atoms with van der Waals surface area (Å²) in [6, 6.07) is 0.881. The minimum atomic E-state index is -4.36. The maximum absolute atomic E-state index is 12.0. The Morgan fingerprint density at radius 2 is 2.00 bits per heavy atom. The Hall–Kier alpha value is -0.212. The van der Waals surface area contributed by atoms with Crippen LogP contribution < -0.4 is 4.48 Å². The molecule has 0 aliphatic rings. The van der Waals surface area contributed by atoms with Crippen molar-refractivity contribution in [3.63, 3.8) is 0 Å². The Labute approximate surface area is 80.4 Å². The third-order valence-corrected chi connectivity index (χ3v) is 2.85. The number of halogens is 4. The quantitative estimate of drug-likeness (QED) is 0.632. The van der Waals surface area contributed by atoms with E-state index in [1.165, 1.54) is 0 Å². The van der Waals surface area contributed by atoms with Crippen LogP contribution in [0, 0.1) is 0 Å². The third kappa shape index (κ3) is 2.14. The van der Waals surface area contributed by atoms with Crippen molar-refractivity contribution < 1.29 is 13.2 Å². The minimum absolute atomic E-state index is 0.0600. The molecule has 1 atom stereocenters. The summed E-state index contributed by atoms with van der Waals surface area (Å²) in [5, 5.41) is 0.0600. The van der Waals surface area contributed by atoms with E-state index in [4.69, 9.17) is 11.6 Å². The number of aromatic nitrogens is 1. The van der Waals surface area contributed by atoms with E-state index in [0.717, 1.165) is 29.1 Å². The number of alkyl halides is 3. The van der Waals surface area contributed by atoms with Gasteiger partial charge in [0.1, 0.15) is 0 Å². The average Bonchev–Trinajstić information content (AvgIpc) is 1.92. The Morgan fingerprint density at radius 3 is 2.42 bits per heavy atom. The second kappa shape index (κ2) is 3.27. The van der Waals surface area contributed by atoms with E-state index in [9.17, 15) is 13.2 Å². The fraction of sp³-hybridized carbons (Fsp3) is 0.167. The molecular weight excluding hydrogens is 253 g/mol. The zero-order valence-electron chi connectivity index (χ0n) is 5.69. The van der Waals surface area contributed by atoms with Gasteiger partial charge in [0, 0.05) is 0 Å². The van der Waals surface area contributed by atoms with Crippen molar-refractivity contribution in [3.05, 3.63) is 22.8 Å². The molecule has 66 valence electrons. The first kappa shape index (κ1) is 9.87. The van der Waals surface area contributed by atoms with Crippen LogP contribution >= 0.6 is 11.6 Å². The van der Waals surface area contributed by atoms with Gasteiger partial charge in [0.2, 0.25) is 0 Å². The molecule has 0 saturated heterocycles. The van der Waals surface area contributed by atoms with Gasteiger partial charge in [-0.2, -0.15) is 0 Å². The molecule has 1 heterocycles. The van der Waals surface area contributed by atoms with Crippen LogP contribution in [0.25, 0.3) is 0 Å². The molecule has 1 nitrogen and oxygen atoms in total. The van der Waals surface area contributed by atoms with Crippen LogP contribution in [0.2, 0.25) is 5.02 Å². The Kier molecular flexibility index (Phi) is 2.69. The van der Waals surface area contributed by atoms with Gasteiger partial charge < -0.3 is 0 Å². The van der Waals surface area contributed by atoms with Gasteiger partial charge in [-0.25, -0.2) is 0 Å². The van der Waals surface area contributed by atoms with Gasteiger partial charge in [-0.3, -0.25) is 0 Å². The third-order valence-electron chi connectivity index (χ3n) is 1.20. The monoisotopic (exact) mass is 257 g/mol. The molecule has 6 heteroatoms. The summed E-state index contributed by atoms with van der Waals surface area (Å²) in [6.07, 6.45) is -3.58. The van der Waals surface area contributed by atoms with E-state index in [2.05, 4.69) is 4.98 Å². The molecule has 0 spiro atoms. The van der Waals surface area contributed by atoms with E-state index in [1.807, 2.05) is 0 Å². The molecule has 0 aromatic carbocycles. The predicted molar refractivity (Wildman–Crippen MR) is 42.4 cm³/mol. The molecule has 1 rings (SSSR count). The fourth-order valence-electron chi connectivity index (χ4n) is 0.604. The number of hydrogen-bond donors (Lipinski definition) is 0. The predicted octanol–water partition coefficient (Wildman–Crippen LogP) is 1.01. The first-order valence-electron chi connectivity index (χ1n) is 2.89. The van der Waals surface area contributed by atoms with Crippen LogP contribution in [0.4, 0.5) is 13.2 Å². The molecule has 0 radical (unpaired) electrons. The topological polar surface area (TPSA) is 12.9 Å². The van der Waals surface area contributed by atoms with Crippen molar-refractivity contribution in [1.29, 1.82) is 0 Å². The number of hydrogen-bond acceptors (Lipinski definition) is 1. The van der Waals surface area contributed by atoms with Crippen molar-refractivity contribution in [1.82, 2.24) is 4.98 Å². The van der Waals surface area contributed by atoms with Gasteiger partial charge >= 0.3 is 80.1 Å². The van der Waals surface area contributed by atoms with Crippen molar-refractivity contribution >= 4 is 32.9 Å². The molecular formula is C6H4AsClF3N. The van der Waals surface area contributed by atoms with Crippen LogP contribution in [0.1, 0.15) is 5.56 Å². The second-order valence-electron chi connectivity index (χ2n) is 2.09. The molecule has 1 aromatic rings. The van der Waals surface area contributed by atoms with E-state index in [0.29, 0.717) is 4.48 Å². The summed E-state index contributed by atoms with van der Waals surface area (Å²) in [5.74, 6) is 0. The standard InChI is InChI=1S/C6H4AsClF3N/c7-5-4(8)1-3(2-12-5)6(9,10)11/h1-2H,7H2. The van der Waals surface area contributed by atoms with Crippen LogP contribution in [0.15, 0.2) is 12.3 Å². The Balaban J connectivity index is 3.14. The normalized spacial score (nSPS) is 11.8. The van der Waals surface area contributed by atoms with Crippen LogP contribution in [0.5, 0.6) is 0 Å². The molecule has 0 fully saturated rings. The van der Waals surface area contributed by atoms with Gasteiger partial charge in [-0.05, 0) is 0 Å². The fourth-order valence-corrected chi connectivity index (χ4v) is 1.10. The van der Waals surface area contributed by atoms with E-state index >= 15 is 0 Å². The summed E-state index contributed by atoms with van der Waals surface area (Å²) in [4.78, 5) is 3.52. The van der Waals surface area contributed by atoms with Crippen molar-refractivity contribution in [2.24, 2.45) is 0 Å². The Bertz CT molecular complexity index is 299. The number of nitrogens with zero attached hydrogens (tertiary/aromatic N) is 1. The molecule has 0 bridgehead atoms. The molecule has 12 heavy (non-hydrogen) atoms. The van der Waals surface area contributed by atoms with Crippen LogP contribution in [0.3, 0.4) is 0 Å². The summed E-state index contributed by atoms with van der Waals surface area (Å²) >= 11 is 6.57. The van der Waals surface area contributed by atoms with Crippen LogP contribution in [-0.4, -0.2) is 21.8 Å². The van der Waals surface area contributed by atoms with Gasteiger partial charge in [0.25, 0.3) is 0 Å². The van der Waals surface area contributed by atoms with Gasteiger partial charge in [-0.15, -0.1) is 0 Å². The van der Waals surface area contributed by atoms with E-state index in [1.54, 1.807) is 0 Å². The molecule has 1 aromatic heterocycles. The second-order valence-corrected chi connectivity index (χ2v) is 3.64. The molecule has 0 N–H and O–H groups in total. The molecule has 0 aliphatic carbocycles. The summed E-state index contributed by atoms with van der Waals surface area (Å²) in [7, 11) is 0. The van der Waals surface area contributed by atoms with E-state index < -0.39 is 11.7 Å². The van der Waals surface area contributed by atoms with Gasteiger partial charge in [-0.1, -0.05) is 0 Å². The van der Waals surface area contributed by atoms with E-state index in [-0.39, 0.29) is 5.02 Å². The first-order chi connectivity index (χ1) is 5.41. The summed E-state index contributed by atoms with van der Waals surface area (Å²) in [5.41, 5.74) is -0.811. The molecule has 0 aliphatic heterocycles. The van der Waals surface area contributed by atoms with Crippen molar-refractivity contribution in [3.8, 4) is 0 Å². The summed E-state index contributed by atoms with van der Waals surface area (Å²) in [6.45, 7) is 0. The Morgan fingerprint density at radius 1 is 1.42 bits per heavy atom. The zero-order valence-corrected chi connectivity index (χ0v) is 8.87. The average molecular weight is 257 g/mol. The van der Waals surface area contributed by atoms with Crippen molar-refractivity contribution in [2.45, 2.75) is 6.18 Å². The zero-order chi connectivity index (χ0) is 9.35. The number of rotatable bonds is 0. The SMILES string of the molecule is FC(F)(F)c1cnc([AsH2])c(Cl)c1. The molecule has 1 unspecified atom stereocenters. The summed E-state index contributed by atoms with van der Waals surface area (Å²) < 4.78 is 36.5. The molecule has 0 amide bonds.